The highest BCUT2D eigenvalue weighted by atomic mass is 79.9. The molecule has 0 atom stereocenters. The Morgan fingerprint density at radius 2 is 2.00 bits per heavy atom. The van der Waals surface area contributed by atoms with Crippen molar-refractivity contribution in [2.75, 3.05) is 23.8 Å². The van der Waals surface area contributed by atoms with Crippen molar-refractivity contribution in [2.45, 2.75) is 20.4 Å². The Morgan fingerprint density at radius 1 is 1.21 bits per heavy atom. The lowest BCUT2D eigenvalue weighted by Crippen LogP contribution is -2.20. The third-order valence-electron chi connectivity index (χ3n) is 3.93. The standard InChI is InChI=1S/C21H22BrN3O3S/c1-3-27-18-11-15(12-24-21-23-8-9-29-21)10-17(22)20(18)28-13-19(26)25-16-6-4-14(2)5-7-16/h4-11H,3,12-13H2,1-2H3,(H,23,24)(H,25,26). The van der Waals surface area contributed by atoms with E-state index in [0.29, 0.717) is 24.7 Å². The van der Waals surface area contributed by atoms with Gasteiger partial charge in [0.25, 0.3) is 5.91 Å². The summed E-state index contributed by atoms with van der Waals surface area (Å²) >= 11 is 5.08. The summed E-state index contributed by atoms with van der Waals surface area (Å²) in [4.78, 5) is 16.5. The molecule has 2 aromatic carbocycles. The number of hydrogen-bond acceptors (Lipinski definition) is 6. The van der Waals surface area contributed by atoms with Crippen LogP contribution in [0.4, 0.5) is 10.8 Å². The number of thiazole rings is 1. The average molecular weight is 476 g/mol. The van der Waals surface area contributed by atoms with Gasteiger partial charge in [-0.2, -0.15) is 0 Å². The van der Waals surface area contributed by atoms with Gasteiger partial charge in [-0.25, -0.2) is 4.98 Å². The molecule has 29 heavy (non-hydrogen) atoms. The Morgan fingerprint density at radius 3 is 2.69 bits per heavy atom. The minimum absolute atomic E-state index is 0.122. The number of aryl methyl sites for hydroxylation is 1. The highest BCUT2D eigenvalue weighted by molar-refractivity contribution is 9.10. The van der Waals surface area contributed by atoms with Gasteiger partial charge in [-0.15, -0.1) is 11.3 Å². The van der Waals surface area contributed by atoms with Crippen LogP contribution in [-0.2, 0) is 11.3 Å². The molecular formula is C21H22BrN3O3S. The van der Waals surface area contributed by atoms with Crippen LogP contribution >= 0.6 is 27.3 Å². The van der Waals surface area contributed by atoms with Gasteiger partial charge in [-0.3, -0.25) is 4.79 Å². The first-order valence-corrected chi connectivity index (χ1v) is 10.8. The van der Waals surface area contributed by atoms with Gasteiger partial charge in [-0.05, 0) is 59.6 Å². The number of halogens is 1. The zero-order valence-electron chi connectivity index (χ0n) is 16.2. The second kappa shape index (κ2) is 10.3. The maximum atomic E-state index is 12.2. The Hall–Kier alpha value is -2.58. The van der Waals surface area contributed by atoms with Gasteiger partial charge in [0.15, 0.2) is 23.2 Å². The van der Waals surface area contributed by atoms with Crippen molar-refractivity contribution in [3.8, 4) is 11.5 Å². The SMILES string of the molecule is CCOc1cc(CNc2nccs2)cc(Br)c1OCC(=O)Nc1ccc(C)cc1. The Kier molecular flexibility index (Phi) is 7.48. The number of amides is 1. The van der Waals surface area contributed by atoms with Crippen LogP contribution in [0.25, 0.3) is 0 Å². The molecule has 0 saturated heterocycles. The maximum Gasteiger partial charge on any atom is 0.262 e. The van der Waals surface area contributed by atoms with E-state index in [2.05, 4.69) is 31.5 Å². The third kappa shape index (κ3) is 6.20. The smallest absolute Gasteiger partial charge is 0.262 e. The summed E-state index contributed by atoms with van der Waals surface area (Å²) in [5.41, 5.74) is 2.87. The van der Waals surface area contributed by atoms with Crippen molar-refractivity contribution < 1.29 is 14.3 Å². The summed E-state index contributed by atoms with van der Waals surface area (Å²) in [7, 11) is 0. The van der Waals surface area contributed by atoms with Crippen molar-refractivity contribution in [1.29, 1.82) is 0 Å². The van der Waals surface area contributed by atoms with Crippen LogP contribution in [0.15, 0.2) is 52.4 Å². The molecule has 0 fully saturated rings. The van der Waals surface area contributed by atoms with Gasteiger partial charge in [0.1, 0.15) is 0 Å². The van der Waals surface area contributed by atoms with Crippen LogP contribution < -0.4 is 20.1 Å². The van der Waals surface area contributed by atoms with E-state index in [1.165, 1.54) is 0 Å². The zero-order chi connectivity index (χ0) is 20.6. The summed E-state index contributed by atoms with van der Waals surface area (Å²) in [6.45, 7) is 4.87. The van der Waals surface area contributed by atoms with Crippen molar-refractivity contribution >= 4 is 44.0 Å². The summed E-state index contributed by atoms with van der Waals surface area (Å²) in [5.74, 6) is 0.850. The summed E-state index contributed by atoms with van der Waals surface area (Å²) in [6.07, 6.45) is 1.76. The van der Waals surface area contributed by atoms with Crippen molar-refractivity contribution in [2.24, 2.45) is 0 Å². The minimum atomic E-state index is -0.238. The molecule has 1 amide bonds. The monoisotopic (exact) mass is 475 g/mol. The third-order valence-corrected chi connectivity index (χ3v) is 5.25. The summed E-state index contributed by atoms with van der Waals surface area (Å²) < 4.78 is 12.2. The normalized spacial score (nSPS) is 10.4. The number of aromatic nitrogens is 1. The van der Waals surface area contributed by atoms with Crippen LogP contribution in [0.2, 0.25) is 0 Å². The van der Waals surface area contributed by atoms with Gasteiger partial charge in [0.05, 0.1) is 11.1 Å². The predicted molar refractivity (Wildman–Crippen MR) is 120 cm³/mol. The first kappa shape index (κ1) is 21.1. The molecule has 1 heterocycles. The fraction of sp³-hybridized carbons (Fsp3) is 0.238. The van der Waals surface area contributed by atoms with Gasteiger partial charge < -0.3 is 20.1 Å². The van der Waals surface area contributed by atoms with Crippen LogP contribution in [0.1, 0.15) is 18.1 Å². The van der Waals surface area contributed by atoms with E-state index < -0.39 is 0 Å². The quantitative estimate of drug-likeness (QED) is 0.442. The molecule has 0 aliphatic rings. The second-order valence-corrected chi connectivity index (χ2v) is 7.98. The molecule has 0 spiro atoms. The van der Waals surface area contributed by atoms with Crippen LogP contribution in [0.3, 0.4) is 0 Å². The van der Waals surface area contributed by atoms with E-state index >= 15 is 0 Å². The molecule has 0 bridgehead atoms. The molecule has 0 aliphatic carbocycles. The van der Waals surface area contributed by atoms with Crippen molar-refractivity contribution in [3.05, 3.63) is 63.6 Å². The van der Waals surface area contributed by atoms with E-state index in [1.54, 1.807) is 17.5 Å². The number of benzene rings is 2. The first-order valence-electron chi connectivity index (χ1n) is 9.13. The molecule has 3 rings (SSSR count). The predicted octanol–water partition coefficient (Wildman–Crippen LogP) is 5.24. The summed E-state index contributed by atoms with van der Waals surface area (Å²) in [6, 6.07) is 11.5. The van der Waals surface area contributed by atoms with Crippen LogP contribution in [0, 0.1) is 6.92 Å². The fourth-order valence-electron chi connectivity index (χ4n) is 2.59. The average Bonchev–Trinajstić information content (AvgIpc) is 3.21. The first-order chi connectivity index (χ1) is 14.0. The summed E-state index contributed by atoms with van der Waals surface area (Å²) in [5, 5.41) is 8.86. The number of carbonyl (C=O) groups is 1. The molecule has 1 aromatic heterocycles. The number of hydrogen-bond donors (Lipinski definition) is 2. The Labute approximate surface area is 182 Å². The molecule has 0 unspecified atom stereocenters. The Bertz CT molecular complexity index is 947. The van der Waals surface area contributed by atoms with E-state index in [1.807, 2.05) is 55.6 Å². The van der Waals surface area contributed by atoms with E-state index in [9.17, 15) is 4.79 Å². The van der Waals surface area contributed by atoms with Crippen molar-refractivity contribution in [3.63, 3.8) is 0 Å². The highest BCUT2D eigenvalue weighted by Crippen LogP contribution is 2.37. The lowest BCUT2D eigenvalue weighted by molar-refractivity contribution is -0.118. The van der Waals surface area contributed by atoms with Gasteiger partial charge in [0.2, 0.25) is 0 Å². The number of carbonyl (C=O) groups excluding carboxylic acids is 1. The lowest BCUT2D eigenvalue weighted by Gasteiger charge is -2.15. The van der Waals surface area contributed by atoms with E-state index in [-0.39, 0.29) is 12.5 Å². The van der Waals surface area contributed by atoms with Crippen molar-refractivity contribution in [1.82, 2.24) is 4.98 Å². The molecule has 8 heteroatoms. The largest absolute Gasteiger partial charge is 0.490 e. The molecular weight excluding hydrogens is 454 g/mol. The van der Waals surface area contributed by atoms with Gasteiger partial charge >= 0.3 is 0 Å². The second-order valence-electron chi connectivity index (χ2n) is 6.23. The molecule has 0 radical (unpaired) electrons. The maximum absolute atomic E-state index is 12.2. The number of nitrogens with one attached hydrogen (secondary N) is 2. The molecule has 6 nitrogen and oxygen atoms in total. The highest BCUT2D eigenvalue weighted by Gasteiger charge is 2.14. The van der Waals surface area contributed by atoms with Gasteiger partial charge in [-0.1, -0.05) is 17.7 Å². The van der Waals surface area contributed by atoms with E-state index in [4.69, 9.17) is 9.47 Å². The molecule has 3 aromatic rings. The lowest BCUT2D eigenvalue weighted by atomic mass is 10.2. The number of nitrogens with zero attached hydrogens (tertiary/aromatic N) is 1. The molecule has 152 valence electrons. The van der Waals surface area contributed by atoms with E-state index in [0.717, 1.165) is 26.4 Å². The fourth-order valence-corrected chi connectivity index (χ4v) is 3.72. The van der Waals surface area contributed by atoms with Crippen LogP contribution in [-0.4, -0.2) is 24.1 Å². The number of rotatable bonds is 9. The number of anilines is 2. The molecule has 2 N–H and O–H groups in total. The van der Waals surface area contributed by atoms with Crippen LogP contribution in [0.5, 0.6) is 11.5 Å². The number of ether oxygens (including phenoxy) is 2. The Balaban J connectivity index is 1.65. The molecule has 0 saturated carbocycles. The molecule has 0 aliphatic heterocycles. The minimum Gasteiger partial charge on any atom is -0.490 e. The van der Waals surface area contributed by atoms with Gasteiger partial charge in [0, 0.05) is 23.8 Å². The zero-order valence-corrected chi connectivity index (χ0v) is 18.6. The topological polar surface area (TPSA) is 72.5 Å².